The standard InChI is InChI=1S/C14H9NO/c16-14(13-7-4-10-15-11-13)9-8-12-5-2-1-3-6-12/h1-7,10-11H. The Kier molecular flexibility index (Phi) is 3.10. The fraction of sp³-hybridized carbons (Fsp3) is 0. The number of carbonyl (C=O) groups excluding carboxylic acids is 1. The highest BCUT2D eigenvalue weighted by Gasteiger charge is 1.99. The van der Waals surface area contributed by atoms with Gasteiger partial charge in [0.05, 0.1) is 0 Å². The van der Waals surface area contributed by atoms with Crippen LogP contribution in [0.5, 0.6) is 0 Å². The zero-order valence-corrected chi connectivity index (χ0v) is 8.55. The number of benzene rings is 1. The molecule has 1 aromatic heterocycles. The van der Waals surface area contributed by atoms with Crippen molar-refractivity contribution >= 4 is 5.78 Å². The van der Waals surface area contributed by atoms with Gasteiger partial charge < -0.3 is 0 Å². The van der Waals surface area contributed by atoms with E-state index < -0.39 is 0 Å². The Balaban J connectivity index is 2.18. The molecule has 0 fully saturated rings. The first-order valence-electron chi connectivity index (χ1n) is 4.88. The molecule has 1 aromatic carbocycles. The van der Waals surface area contributed by atoms with Gasteiger partial charge in [-0.2, -0.15) is 0 Å². The van der Waals surface area contributed by atoms with E-state index in [2.05, 4.69) is 16.8 Å². The molecule has 76 valence electrons. The van der Waals surface area contributed by atoms with Crippen molar-refractivity contribution in [3.8, 4) is 11.8 Å². The van der Waals surface area contributed by atoms with Crippen molar-refractivity contribution in [3.63, 3.8) is 0 Å². The average molecular weight is 207 g/mol. The fourth-order valence-corrected chi connectivity index (χ4v) is 1.22. The Hall–Kier alpha value is -2.40. The van der Waals surface area contributed by atoms with Crippen LogP contribution in [-0.4, -0.2) is 10.8 Å². The first kappa shape index (κ1) is 10.1. The summed E-state index contributed by atoms with van der Waals surface area (Å²) in [5.41, 5.74) is 1.35. The average Bonchev–Trinajstić information content (AvgIpc) is 2.38. The van der Waals surface area contributed by atoms with Crippen molar-refractivity contribution in [2.45, 2.75) is 0 Å². The van der Waals surface area contributed by atoms with Crippen molar-refractivity contribution in [2.75, 3.05) is 0 Å². The second-order valence-electron chi connectivity index (χ2n) is 3.19. The van der Waals surface area contributed by atoms with Crippen LogP contribution < -0.4 is 0 Å². The van der Waals surface area contributed by atoms with Crippen LogP contribution in [0.2, 0.25) is 0 Å². The lowest BCUT2D eigenvalue weighted by atomic mass is 10.1. The minimum Gasteiger partial charge on any atom is -0.279 e. The summed E-state index contributed by atoms with van der Waals surface area (Å²) in [6.45, 7) is 0. The molecule has 0 aliphatic heterocycles. The smallest absolute Gasteiger partial charge is 0.237 e. The van der Waals surface area contributed by atoms with Crippen molar-refractivity contribution in [1.29, 1.82) is 0 Å². The van der Waals surface area contributed by atoms with Gasteiger partial charge in [0.1, 0.15) is 0 Å². The molecule has 0 N–H and O–H groups in total. The second-order valence-corrected chi connectivity index (χ2v) is 3.19. The third-order valence-electron chi connectivity index (χ3n) is 2.02. The maximum atomic E-state index is 11.6. The van der Waals surface area contributed by atoms with Crippen LogP contribution >= 0.6 is 0 Å². The largest absolute Gasteiger partial charge is 0.279 e. The minimum atomic E-state index is -0.211. The Morgan fingerprint density at radius 2 is 1.88 bits per heavy atom. The molecular formula is C14H9NO. The molecule has 0 radical (unpaired) electrons. The highest BCUT2D eigenvalue weighted by atomic mass is 16.1. The molecule has 0 atom stereocenters. The number of aromatic nitrogens is 1. The molecule has 2 nitrogen and oxygen atoms in total. The molecule has 2 rings (SSSR count). The van der Waals surface area contributed by atoms with Gasteiger partial charge in [0.15, 0.2) is 0 Å². The quantitative estimate of drug-likeness (QED) is 0.530. The SMILES string of the molecule is O=C(C#Cc1ccccc1)c1cccnc1. The number of ketones is 1. The van der Waals surface area contributed by atoms with E-state index >= 15 is 0 Å². The van der Waals surface area contributed by atoms with Crippen molar-refractivity contribution in [2.24, 2.45) is 0 Å². The highest BCUT2D eigenvalue weighted by Crippen LogP contribution is 1.98. The number of rotatable bonds is 1. The molecule has 0 aliphatic rings. The van der Waals surface area contributed by atoms with E-state index in [0.29, 0.717) is 5.56 Å². The zero-order valence-electron chi connectivity index (χ0n) is 8.55. The predicted octanol–water partition coefficient (Wildman–Crippen LogP) is 2.32. The minimum absolute atomic E-state index is 0.211. The number of hydrogen-bond acceptors (Lipinski definition) is 2. The summed E-state index contributed by atoms with van der Waals surface area (Å²) in [7, 11) is 0. The summed E-state index contributed by atoms with van der Waals surface area (Å²) < 4.78 is 0. The van der Waals surface area contributed by atoms with Gasteiger partial charge in [-0.25, -0.2) is 0 Å². The molecule has 0 bridgehead atoms. The van der Waals surface area contributed by atoms with Gasteiger partial charge in [-0.05, 0) is 30.2 Å². The molecular weight excluding hydrogens is 198 g/mol. The van der Waals surface area contributed by atoms with E-state index in [-0.39, 0.29) is 5.78 Å². The molecule has 0 aliphatic carbocycles. The third-order valence-corrected chi connectivity index (χ3v) is 2.02. The van der Waals surface area contributed by atoms with Crippen LogP contribution in [0.1, 0.15) is 15.9 Å². The summed E-state index contributed by atoms with van der Waals surface area (Å²) in [5, 5.41) is 0. The van der Waals surface area contributed by atoms with Crippen LogP contribution in [0.15, 0.2) is 54.9 Å². The van der Waals surface area contributed by atoms with Crippen LogP contribution in [-0.2, 0) is 0 Å². The van der Waals surface area contributed by atoms with Gasteiger partial charge in [0.25, 0.3) is 0 Å². The van der Waals surface area contributed by atoms with Gasteiger partial charge >= 0.3 is 0 Å². The van der Waals surface area contributed by atoms with E-state index in [0.717, 1.165) is 5.56 Å². The molecule has 1 heterocycles. The molecule has 0 saturated carbocycles. The van der Waals surface area contributed by atoms with E-state index in [1.807, 2.05) is 30.3 Å². The summed E-state index contributed by atoms with van der Waals surface area (Å²) in [6, 6.07) is 12.8. The molecule has 0 amide bonds. The van der Waals surface area contributed by atoms with Gasteiger partial charge in [-0.3, -0.25) is 9.78 Å². The fourth-order valence-electron chi connectivity index (χ4n) is 1.22. The summed E-state index contributed by atoms with van der Waals surface area (Å²) >= 11 is 0. The summed E-state index contributed by atoms with van der Waals surface area (Å²) in [5.74, 6) is 5.19. The van der Waals surface area contributed by atoms with Crippen LogP contribution in [0.3, 0.4) is 0 Å². The van der Waals surface area contributed by atoms with E-state index in [1.54, 1.807) is 18.3 Å². The van der Waals surface area contributed by atoms with Gasteiger partial charge in [0, 0.05) is 23.5 Å². The summed E-state index contributed by atoms with van der Waals surface area (Å²) in [4.78, 5) is 15.5. The maximum Gasteiger partial charge on any atom is 0.237 e. The van der Waals surface area contributed by atoms with Crippen LogP contribution in [0.4, 0.5) is 0 Å². The molecule has 0 unspecified atom stereocenters. The lowest BCUT2D eigenvalue weighted by Crippen LogP contribution is -1.94. The normalized spacial score (nSPS) is 9.00. The Morgan fingerprint density at radius 1 is 1.06 bits per heavy atom. The Morgan fingerprint density at radius 3 is 2.56 bits per heavy atom. The Bertz CT molecular complexity index is 535. The third kappa shape index (κ3) is 2.55. The number of carbonyl (C=O) groups is 1. The maximum absolute atomic E-state index is 11.6. The van der Waals surface area contributed by atoms with Crippen molar-refractivity contribution in [1.82, 2.24) is 4.98 Å². The molecule has 2 heteroatoms. The van der Waals surface area contributed by atoms with E-state index in [1.165, 1.54) is 6.20 Å². The molecule has 0 saturated heterocycles. The van der Waals surface area contributed by atoms with Gasteiger partial charge in [0.2, 0.25) is 5.78 Å². The topological polar surface area (TPSA) is 30.0 Å². The number of nitrogens with zero attached hydrogens (tertiary/aromatic N) is 1. The molecule has 16 heavy (non-hydrogen) atoms. The molecule has 0 spiro atoms. The van der Waals surface area contributed by atoms with E-state index in [9.17, 15) is 4.79 Å². The van der Waals surface area contributed by atoms with Gasteiger partial charge in [-0.15, -0.1) is 0 Å². The van der Waals surface area contributed by atoms with Crippen molar-refractivity contribution in [3.05, 3.63) is 66.0 Å². The second kappa shape index (κ2) is 4.90. The highest BCUT2D eigenvalue weighted by molar-refractivity contribution is 6.09. The monoisotopic (exact) mass is 207 g/mol. The summed E-state index contributed by atoms with van der Waals surface area (Å²) in [6.07, 6.45) is 3.14. The lowest BCUT2D eigenvalue weighted by molar-refractivity contribution is 0.105. The van der Waals surface area contributed by atoms with Gasteiger partial charge in [-0.1, -0.05) is 24.1 Å². The lowest BCUT2D eigenvalue weighted by Gasteiger charge is -1.90. The predicted molar refractivity (Wildman–Crippen MR) is 61.9 cm³/mol. The van der Waals surface area contributed by atoms with Crippen LogP contribution in [0, 0.1) is 11.8 Å². The van der Waals surface area contributed by atoms with Crippen molar-refractivity contribution < 1.29 is 4.79 Å². The molecule has 2 aromatic rings. The first-order valence-corrected chi connectivity index (χ1v) is 4.88. The Labute approximate surface area is 94.0 Å². The number of pyridine rings is 1. The zero-order chi connectivity index (χ0) is 11.2. The van der Waals surface area contributed by atoms with E-state index in [4.69, 9.17) is 0 Å². The number of hydrogen-bond donors (Lipinski definition) is 0. The first-order chi connectivity index (χ1) is 7.86. The van der Waals surface area contributed by atoms with Crippen LogP contribution in [0.25, 0.3) is 0 Å². The number of Topliss-reactive ketones (excluding diaryl/α,β-unsaturated/α-hetero) is 1.